The molecule has 0 bridgehead atoms. The molecule has 1 unspecified atom stereocenters. The lowest BCUT2D eigenvalue weighted by Crippen LogP contribution is -2.04. The summed E-state index contributed by atoms with van der Waals surface area (Å²) in [5.41, 5.74) is 6.81. The number of aromatic nitrogens is 1. The lowest BCUT2D eigenvalue weighted by atomic mass is 9.96. The highest BCUT2D eigenvalue weighted by molar-refractivity contribution is 5.63. The second-order valence-electron chi connectivity index (χ2n) is 7.35. The van der Waals surface area contributed by atoms with E-state index in [1.807, 2.05) is 12.3 Å². The SMILES string of the molecule is COC(c1ccc(CCc2cccnc2)cc1)c1ccc(-c2ccc(F)cc2)cc1. The molecular formula is C27H24FNO. The number of rotatable bonds is 7. The molecule has 0 radical (unpaired) electrons. The molecular weight excluding hydrogens is 373 g/mol. The first-order valence-corrected chi connectivity index (χ1v) is 10.1. The number of hydrogen-bond donors (Lipinski definition) is 0. The third-order valence-corrected chi connectivity index (χ3v) is 5.33. The van der Waals surface area contributed by atoms with Crippen LogP contribution in [0.25, 0.3) is 11.1 Å². The van der Waals surface area contributed by atoms with Crippen LogP contribution < -0.4 is 0 Å². The number of pyridine rings is 1. The minimum Gasteiger partial charge on any atom is -0.372 e. The van der Waals surface area contributed by atoms with Gasteiger partial charge in [0.15, 0.2) is 0 Å². The van der Waals surface area contributed by atoms with Gasteiger partial charge < -0.3 is 4.74 Å². The quantitative estimate of drug-likeness (QED) is 0.359. The van der Waals surface area contributed by atoms with Gasteiger partial charge in [-0.3, -0.25) is 4.98 Å². The standard InChI is InChI=1S/C27H24FNO/c1-30-27(25-12-10-22(11-13-25)23-14-16-26(28)17-15-23)24-8-6-20(7-9-24)4-5-21-3-2-18-29-19-21/h2-3,6-19,27H,4-5H2,1H3. The molecule has 1 atom stereocenters. The van der Waals surface area contributed by atoms with Gasteiger partial charge >= 0.3 is 0 Å². The maximum Gasteiger partial charge on any atom is 0.123 e. The van der Waals surface area contributed by atoms with Crippen molar-refractivity contribution in [2.45, 2.75) is 18.9 Å². The van der Waals surface area contributed by atoms with E-state index in [0.717, 1.165) is 35.1 Å². The van der Waals surface area contributed by atoms with Crippen LogP contribution in [0.15, 0.2) is 97.3 Å². The van der Waals surface area contributed by atoms with Crippen LogP contribution >= 0.6 is 0 Å². The summed E-state index contributed by atoms with van der Waals surface area (Å²) < 4.78 is 18.9. The number of nitrogens with zero attached hydrogens (tertiary/aromatic N) is 1. The number of aryl methyl sites for hydroxylation is 2. The summed E-state index contributed by atoms with van der Waals surface area (Å²) >= 11 is 0. The molecule has 3 aromatic carbocycles. The molecule has 0 aliphatic heterocycles. The summed E-state index contributed by atoms with van der Waals surface area (Å²) in [7, 11) is 1.73. The Hall–Kier alpha value is -3.30. The first kappa shape index (κ1) is 20.0. The van der Waals surface area contributed by atoms with Crippen LogP contribution in [0.1, 0.15) is 28.4 Å². The van der Waals surface area contributed by atoms with E-state index < -0.39 is 0 Å². The molecule has 0 fully saturated rings. The lowest BCUT2D eigenvalue weighted by Gasteiger charge is -2.17. The topological polar surface area (TPSA) is 22.1 Å². The van der Waals surface area contributed by atoms with Gasteiger partial charge in [-0.2, -0.15) is 0 Å². The van der Waals surface area contributed by atoms with Gasteiger partial charge in [0.25, 0.3) is 0 Å². The molecule has 3 heteroatoms. The van der Waals surface area contributed by atoms with Crippen LogP contribution in [0.3, 0.4) is 0 Å². The number of methoxy groups -OCH3 is 1. The van der Waals surface area contributed by atoms with Crippen molar-refractivity contribution in [3.05, 3.63) is 125 Å². The van der Waals surface area contributed by atoms with E-state index in [4.69, 9.17) is 4.74 Å². The predicted molar refractivity (Wildman–Crippen MR) is 119 cm³/mol. The van der Waals surface area contributed by atoms with Crippen LogP contribution in [-0.2, 0) is 17.6 Å². The molecule has 0 N–H and O–H groups in total. The smallest absolute Gasteiger partial charge is 0.123 e. The fourth-order valence-electron chi connectivity index (χ4n) is 3.65. The number of hydrogen-bond acceptors (Lipinski definition) is 2. The molecule has 0 saturated carbocycles. The van der Waals surface area contributed by atoms with Crippen LogP contribution in [0.2, 0.25) is 0 Å². The van der Waals surface area contributed by atoms with Gasteiger partial charge in [0.1, 0.15) is 11.9 Å². The van der Waals surface area contributed by atoms with Crippen molar-refractivity contribution in [2.75, 3.05) is 7.11 Å². The Labute approximate surface area is 177 Å². The zero-order valence-corrected chi connectivity index (χ0v) is 17.0. The van der Waals surface area contributed by atoms with Crippen LogP contribution in [0.4, 0.5) is 4.39 Å². The van der Waals surface area contributed by atoms with Crippen LogP contribution in [0, 0.1) is 5.82 Å². The monoisotopic (exact) mass is 397 g/mol. The third-order valence-electron chi connectivity index (χ3n) is 5.33. The van der Waals surface area contributed by atoms with Crippen LogP contribution in [-0.4, -0.2) is 12.1 Å². The number of benzene rings is 3. The Morgan fingerprint density at radius 3 is 1.87 bits per heavy atom. The first-order valence-electron chi connectivity index (χ1n) is 10.1. The highest BCUT2D eigenvalue weighted by atomic mass is 19.1. The predicted octanol–water partition coefficient (Wildman–Crippen LogP) is 6.41. The second kappa shape index (κ2) is 9.47. The molecule has 2 nitrogen and oxygen atoms in total. The van der Waals surface area contributed by atoms with Crippen molar-refractivity contribution in [1.29, 1.82) is 0 Å². The summed E-state index contributed by atoms with van der Waals surface area (Å²) in [4.78, 5) is 4.18. The van der Waals surface area contributed by atoms with Crippen molar-refractivity contribution < 1.29 is 9.13 Å². The largest absolute Gasteiger partial charge is 0.372 e. The first-order chi connectivity index (χ1) is 14.7. The summed E-state index contributed by atoms with van der Waals surface area (Å²) in [5, 5.41) is 0. The van der Waals surface area contributed by atoms with Crippen molar-refractivity contribution in [3.63, 3.8) is 0 Å². The fourth-order valence-corrected chi connectivity index (χ4v) is 3.65. The van der Waals surface area contributed by atoms with Gasteiger partial charge in [0.05, 0.1) is 0 Å². The Kier molecular flexibility index (Phi) is 6.31. The molecule has 30 heavy (non-hydrogen) atoms. The van der Waals surface area contributed by atoms with E-state index in [-0.39, 0.29) is 11.9 Å². The Bertz CT molecular complexity index is 1060. The zero-order valence-electron chi connectivity index (χ0n) is 17.0. The number of halogens is 1. The van der Waals surface area contributed by atoms with E-state index in [0.29, 0.717) is 0 Å². The van der Waals surface area contributed by atoms with Crippen molar-refractivity contribution >= 4 is 0 Å². The molecule has 0 saturated heterocycles. The van der Waals surface area contributed by atoms with Crippen molar-refractivity contribution in [3.8, 4) is 11.1 Å². The van der Waals surface area contributed by atoms with Gasteiger partial charge in [-0.15, -0.1) is 0 Å². The molecule has 0 amide bonds. The van der Waals surface area contributed by atoms with E-state index >= 15 is 0 Å². The second-order valence-corrected chi connectivity index (χ2v) is 7.35. The van der Waals surface area contributed by atoms with Gasteiger partial charge in [-0.1, -0.05) is 66.7 Å². The van der Waals surface area contributed by atoms with Crippen molar-refractivity contribution in [2.24, 2.45) is 0 Å². The van der Waals surface area contributed by atoms with E-state index in [2.05, 4.69) is 59.6 Å². The van der Waals surface area contributed by atoms with Crippen molar-refractivity contribution in [1.82, 2.24) is 4.98 Å². The molecule has 0 aliphatic carbocycles. The molecule has 0 spiro atoms. The number of ether oxygens (including phenoxy) is 1. The van der Waals surface area contributed by atoms with Gasteiger partial charge in [0.2, 0.25) is 0 Å². The maximum absolute atomic E-state index is 13.1. The highest BCUT2D eigenvalue weighted by Gasteiger charge is 2.13. The minimum atomic E-state index is -0.223. The average Bonchev–Trinajstić information content (AvgIpc) is 2.81. The summed E-state index contributed by atoms with van der Waals surface area (Å²) in [6.07, 6.45) is 5.56. The molecule has 1 heterocycles. The van der Waals surface area contributed by atoms with E-state index in [1.54, 1.807) is 25.4 Å². The Balaban J connectivity index is 1.46. The lowest BCUT2D eigenvalue weighted by molar-refractivity contribution is 0.136. The summed E-state index contributed by atoms with van der Waals surface area (Å²) in [5.74, 6) is -0.223. The average molecular weight is 397 g/mol. The Morgan fingerprint density at radius 2 is 1.30 bits per heavy atom. The Morgan fingerprint density at radius 1 is 0.733 bits per heavy atom. The molecule has 4 rings (SSSR count). The zero-order chi connectivity index (χ0) is 20.8. The summed E-state index contributed by atoms with van der Waals surface area (Å²) in [6.45, 7) is 0. The molecule has 1 aromatic heterocycles. The third kappa shape index (κ3) is 4.81. The van der Waals surface area contributed by atoms with E-state index in [1.165, 1.54) is 23.3 Å². The summed E-state index contributed by atoms with van der Waals surface area (Å²) in [6, 6.07) is 27.5. The molecule has 150 valence electrons. The maximum atomic E-state index is 13.1. The van der Waals surface area contributed by atoms with Gasteiger partial charge in [-0.25, -0.2) is 4.39 Å². The fraction of sp³-hybridized carbons (Fsp3) is 0.148. The van der Waals surface area contributed by atoms with E-state index in [9.17, 15) is 4.39 Å². The molecule has 4 aromatic rings. The molecule has 0 aliphatic rings. The van der Waals surface area contributed by atoms with Crippen LogP contribution in [0.5, 0.6) is 0 Å². The minimum absolute atomic E-state index is 0.125. The normalized spacial score (nSPS) is 11.9. The van der Waals surface area contributed by atoms with Gasteiger partial charge in [0, 0.05) is 19.5 Å². The van der Waals surface area contributed by atoms with Gasteiger partial charge in [-0.05, 0) is 64.4 Å². The highest BCUT2D eigenvalue weighted by Crippen LogP contribution is 2.28.